The molecular formula is C25H21ClN4O4. The van der Waals surface area contributed by atoms with Gasteiger partial charge in [0.2, 0.25) is 11.7 Å². The quantitative estimate of drug-likeness (QED) is 0.422. The molecular weight excluding hydrogens is 456 g/mol. The summed E-state index contributed by atoms with van der Waals surface area (Å²) < 4.78 is 10.6. The number of piperidine rings is 1. The third-order valence-corrected chi connectivity index (χ3v) is 6.06. The van der Waals surface area contributed by atoms with E-state index in [1.807, 2.05) is 17.0 Å². The first-order valence-electron chi connectivity index (χ1n) is 10.9. The van der Waals surface area contributed by atoms with Crippen molar-refractivity contribution in [2.24, 2.45) is 0 Å². The van der Waals surface area contributed by atoms with E-state index in [9.17, 15) is 9.59 Å². The monoisotopic (exact) mass is 476 g/mol. The van der Waals surface area contributed by atoms with Gasteiger partial charge in [-0.2, -0.15) is 4.98 Å². The molecule has 1 N–H and O–H groups in total. The van der Waals surface area contributed by atoms with Gasteiger partial charge in [0, 0.05) is 40.8 Å². The van der Waals surface area contributed by atoms with E-state index in [4.69, 9.17) is 20.5 Å². The van der Waals surface area contributed by atoms with E-state index in [0.717, 1.165) is 18.4 Å². The fourth-order valence-electron chi connectivity index (χ4n) is 3.93. The Balaban J connectivity index is 1.17. The van der Waals surface area contributed by atoms with Crippen LogP contribution in [0.25, 0.3) is 11.4 Å². The highest BCUT2D eigenvalue weighted by Gasteiger charge is 2.28. The van der Waals surface area contributed by atoms with E-state index >= 15 is 0 Å². The first-order valence-corrected chi connectivity index (χ1v) is 11.3. The van der Waals surface area contributed by atoms with Gasteiger partial charge in [-0.1, -0.05) is 16.8 Å². The highest BCUT2D eigenvalue weighted by atomic mass is 35.5. The van der Waals surface area contributed by atoms with E-state index < -0.39 is 0 Å². The molecule has 1 aliphatic rings. The fourth-order valence-corrected chi connectivity index (χ4v) is 4.05. The van der Waals surface area contributed by atoms with E-state index in [1.54, 1.807) is 48.5 Å². The second-order valence-electron chi connectivity index (χ2n) is 8.04. The number of hydrogen-bond acceptors (Lipinski definition) is 6. The molecule has 5 rings (SSSR count). The minimum atomic E-state index is -0.341. The van der Waals surface area contributed by atoms with Crippen molar-refractivity contribution in [1.82, 2.24) is 15.0 Å². The van der Waals surface area contributed by atoms with Crippen LogP contribution < -0.4 is 5.32 Å². The predicted octanol–water partition coefficient (Wildman–Crippen LogP) is 5.26. The molecule has 8 nitrogen and oxygen atoms in total. The number of anilines is 1. The van der Waals surface area contributed by atoms with Crippen molar-refractivity contribution in [1.29, 1.82) is 0 Å². The number of halogens is 1. The van der Waals surface area contributed by atoms with Gasteiger partial charge in [-0.15, -0.1) is 0 Å². The van der Waals surface area contributed by atoms with E-state index in [2.05, 4.69) is 15.5 Å². The molecule has 2 amide bonds. The summed E-state index contributed by atoms with van der Waals surface area (Å²) in [5.41, 5.74) is 2.00. The molecule has 9 heteroatoms. The topological polar surface area (TPSA) is 101 Å². The van der Waals surface area contributed by atoms with Crippen LogP contribution in [-0.2, 0) is 0 Å². The van der Waals surface area contributed by atoms with Gasteiger partial charge >= 0.3 is 0 Å². The molecule has 4 aromatic rings. The number of rotatable bonds is 5. The molecule has 1 aliphatic heterocycles. The number of nitrogens with zero attached hydrogens (tertiary/aromatic N) is 3. The van der Waals surface area contributed by atoms with Crippen molar-refractivity contribution in [3.05, 3.63) is 89.2 Å². The number of likely N-dealkylation sites (tertiary alicyclic amines) is 1. The van der Waals surface area contributed by atoms with E-state index in [0.29, 0.717) is 41.1 Å². The zero-order chi connectivity index (χ0) is 23.5. The van der Waals surface area contributed by atoms with Crippen molar-refractivity contribution in [2.45, 2.75) is 18.8 Å². The van der Waals surface area contributed by atoms with Crippen molar-refractivity contribution in [2.75, 3.05) is 18.4 Å². The van der Waals surface area contributed by atoms with Gasteiger partial charge in [0.15, 0.2) is 5.76 Å². The number of hydrogen-bond donors (Lipinski definition) is 1. The maximum Gasteiger partial charge on any atom is 0.291 e. The average molecular weight is 477 g/mol. The van der Waals surface area contributed by atoms with Crippen LogP contribution in [0.15, 0.2) is 75.9 Å². The van der Waals surface area contributed by atoms with Gasteiger partial charge in [0.05, 0.1) is 6.26 Å². The number of aromatic nitrogens is 2. The predicted molar refractivity (Wildman–Crippen MR) is 126 cm³/mol. The highest BCUT2D eigenvalue weighted by molar-refractivity contribution is 6.30. The van der Waals surface area contributed by atoms with Crippen molar-refractivity contribution < 1.29 is 18.5 Å². The SMILES string of the molecule is O=C(Nc1ccc(C(=O)N2CCC(c3nc(-c4ccc(Cl)cc4)no3)CC2)cc1)c1ccco1. The molecule has 172 valence electrons. The molecule has 0 unspecified atom stereocenters. The van der Waals surface area contributed by atoms with Crippen LogP contribution >= 0.6 is 11.6 Å². The normalized spacial score (nSPS) is 14.2. The van der Waals surface area contributed by atoms with Crippen molar-refractivity contribution in [3.8, 4) is 11.4 Å². The molecule has 2 aromatic carbocycles. The lowest BCUT2D eigenvalue weighted by atomic mass is 9.96. The lowest BCUT2D eigenvalue weighted by Gasteiger charge is -2.30. The van der Waals surface area contributed by atoms with Gasteiger partial charge in [-0.3, -0.25) is 9.59 Å². The van der Waals surface area contributed by atoms with Gasteiger partial charge in [-0.25, -0.2) is 0 Å². The lowest BCUT2D eigenvalue weighted by molar-refractivity contribution is 0.0704. The Morgan fingerprint density at radius 3 is 2.41 bits per heavy atom. The minimum absolute atomic E-state index is 0.0465. The molecule has 3 heterocycles. The van der Waals surface area contributed by atoms with Gasteiger partial charge in [-0.05, 0) is 73.5 Å². The van der Waals surface area contributed by atoms with E-state index in [1.165, 1.54) is 6.26 Å². The van der Waals surface area contributed by atoms with Crippen LogP contribution in [0.5, 0.6) is 0 Å². The van der Waals surface area contributed by atoms with Gasteiger partial charge in [0.1, 0.15) is 0 Å². The summed E-state index contributed by atoms with van der Waals surface area (Å²) >= 11 is 5.94. The average Bonchev–Trinajstić information content (AvgIpc) is 3.58. The summed E-state index contributed by atoms with van der Waals surface area (Å²) in [6.45, 7) is 1.19. The summed E-state index contributed by atoms with van der Waals surface area (Å²) in [6.07, 6.45) is 2.92. The largest absolute Gasteiger partial charge is 0.459 e. The smallest absolute Gasteiger partial charge is 0.291 e. The van der Waals surface area contributed by atoms with Crippen LogP contribution in [-0.4, -0.2) is 39.9 Å². The minimum Gasteiger partial charge on any atom is -0.459 e. The Labute approximate surface area is 200 Å². The molecule has 1 saturated heterocycles. The zero-order valence-corrected chi connectivity index (χ0v) is 18.9. The highest BCUT2D eigenvalue weighted by Crippen LogP contribution is 2.29. The van der Waals surface area contributed by atoms with E-state index in [-0.39, 0.29) is 23.5 Å². The van der Waals surface area contributed by atoms with Crippen molar-refractivity contribution >= 4 is 29.1 Å². The Morgan fingerprint density at radius 2 is 1.74 bits per heavy atom. The molecule has 0 bridgehead atoms. The third kappa shape index (κ3) is 4.72. The van der Waals surface area contributed by atoms with Crippen molar-refractivity contribution in [3.63, 3.8) is 0 Å². The summed E-state index contributed by atoms with van der Waals surface area (Å²) in [6, 6.07) is 17.4. The molecule has 0 radical (unpaired) electrons. The number of nitrogens with one attached hydrogen (secondary N) is 1. The maximum absolute atomic E-state index is 12.9. The molecule has 34 heavy (non-hydrogen) atoms. The van der Waals surface area contributed by atoms with Gasteiger partial charge < -0.3 is 19.2 Å². The van der Waals surface area contributed by atoms with Gasteiger partial charge in [0.25, 0.3) is 11.8 Å². The first kappa shape index (κ1) is 21.9. The Bertz CT molecular complexity index is 1280. The summed E-state index contributed by atoms with van der Waals surface area (Å²) in [5, 5.41) is 7.49. The molecule has 1 fully saturated rings. The summed E-state index contributed by atoms with van der Waals surface area (Å²) in [4.78, 5) is 31.4. The van der Waals surface area contributed by atoms with Crippen LogP contribution in [0.2, 0.25) is 5.02 Å². The second-order valence-corrected chi connectivity index (χ2v) is 8.47. The standard InChI is InChI=1S/C25H21ClN4O4/c26-19-7-3-16(4-8-19)22-28-24(34-29-22)17-11-13-30(14-12-17)25(32)18-5-9-20(10-6-18)27-23(31)21-2-1-15-33-21/h1-10,15,17H,11-14H2,(H,27,31). The number of furan rings is 1. The van der Waals surface area contributed by atoms with Crippen LogP contribution in [0.4, 0.5) is 5.69 Å². The number of carbonyl (C=O) groups excluding carboxylic acids is 2. The van der Waals surface area contributed by atoms with Crippen LogP contribution in [0, 0.1) is 0 Å². The van der Waals surface area contributed by atoms with Crippen LogP contribution in [0.3, 0.4) is 0 Å². The maximum atomic E-state index is 12.9. The summed E-state index contributed by atoms with van der Waals surface area (Å²) in [7, 11) is 0. The number of carbonyl (C=O) groups is 2. The van der Waals surface area contributed by atoms with Crippen LogP contribution in [0.1, 0.15) is 45.6 Å². The molecule has 0 saturated carbocycles. The Kier molecular flexibility index (Phi) is 6.14. The first-order chi connectivity index (χ1) is 16.6. The molecule has 0 spiro atoms. The summed E-state index contributed by atoms with van der Waals surface area (Å²) in [5.74, 6) is 1.07. The lowest BCUT2D eigenvalue weighted by Crippen LogP contribution is -2.38. The zero-order valence-electron chi connectivity index (χ0n) is 18.1. The fraction of sp³-hybridized carbons (Fsp3) is 0.200. The Morgan fingerprint density at radius 1 is 1.00 bits per heavy atom. The number of amides is 2. The number of benzene rings is 2. The molecule has 0 atom stereocenters. The molecule has 0 aliphatic carbocycles. The Hall–Kier alpha value is -3.91. The second kappa shape index (κ2) is 9.52. The third-order valence-electron chi connectivity index (χ3n) is 5.81. The molecule has 2 aromatic heterocycles.